The fraction of sp³-hybridized carbons (Fsp3) is 0.407. The van der Waals surface area contributed by atoms with Gasteiger partial charge < -0.3 is 9.84 Å². The van der Waals surface area contributed by atoms with Crippen LogP contribution in [0.2, 0.25) is 0 Å². The maximum absolute atomic E-state index is 9.70. The highest BCUT2D eigenvalue weighted by Crippen LogP contribution is 2.64. The predicted molar refractivity (Wildman–Crippen MR) is 117 cm³/mol. The van der Waals surface area contributed by atoms with Crippen LogP contribution in [0.3, 0.4) is 0 Å². The normalized spacial score (nSPS) is 32.7. The Balaban J connectivity index is 1.56. The molecule has 7 rings (SSSR count). The maximum atomic E-state index is 9.70. The van der Waals surface area contributed by atoms with E-state index in [9.17, 15) is 5.11 Å². The summed E-state index contributed by atoms with van der Waals surface area (Å²) in [5, 5.41) is 12.3. The maximum Gasteiger partial charge on any atom is 0.115 e. The summed E-state index contributed by atoms with van der Waals surface area (Å²) in [6.45, 7) is 0. The zero-order chi connectivity index (χ0) is 19.6. The predicted octanol–water partition coefficient (Wildman–Crippen LogP) is 6.51. The molecule has 4 saturated carbocycles. The molecule has 1 N–H and O–H groups in total. The molecule has 4 bridgehead atoms. The lowest BCUT2D eigenvalue weighted by Crippen LogP contribution is -2.56. The molecule has 0 radical (unpaired) electrons. The molecule has 2 nitrogen and oxygen atoms in total. The van der Waals surface area contributed by atoms with Gasteiger partial charge in [0.05, 0.1) is 5.60 Å². The van der Waals surface area contributed by atoms with Gasteiger partial charge in [0.15, 0.2) is 0 Å². The molecule has 0 saturated heterocycles. The van der Waals surface area contributed by atoms with Gasteiger partial charge in [-0.3, -0.25) is 0 Å². The van der Waals surface area contributed by atoms with Crippen molar-refractivity contribution in [2.75, 3.05) is 7.11 Å². The molecule has 4 aliphatic rings. The van der Waals surface area contributed by atoms with Crippen LogP contribution in [0.4, 0.5) is 0 Å². The average molecular weight is 385 g/mol. The van der Waals surface area contributed by atoms with Gasteiger partial charge in [0, 0.05) is 7.11 Å². The number of phenolic OH excluding ortho intramolecular Hbond substituents is 1. The summed E-state index contributed by atoms with van der Waals surface area (Å²) in [6, 6.07) is 21.0. The summed E-state index contributed by atoms with van der Waals surface area (Å²) in [7, 11) is 1.95. The minimum absolute atomic E-state index is 0.138. The fourth-order valence-electron chi connectivity index (χ4n) is 7.30. The van der Waals surface area contributed by atoms with E-state index >= 15 is 0 Å². The number of hydrogen-bond acceptors (Lipinski definition) is 2. The smallest absolute Gasteiger partial charge is 0.115 e. The summed E-state index contributed by atoms with van der Waals surface area (Å²) in [5.41, 5.74) is 3.62. The number of hydrogen-bond donors (Lipinski definition) is 1. The lowest BCUT2D eigenvalue weighted by atomic mass is 9.48. The molecule has 0 aromatic heterocycles. The van der Waals surface area contributed by atoms with Gasteiger partial charge in [0.25, 0.3) is 0 Å². The molecule has 148 valence electrons. The van der Waals surface area contributed by atoms with E-state index in [1.807, 2.05) is 19.2 Å². The Labute approximate surface area is 172 Å². The van der Waals surface area contributed by atoms with Crippen molar-refractivity contribution in [3.8, 4) is 16.9 Å². The van der Waals surface area contributed by atoms with Crippen molar-refractivity contribution in [1.82, 2.24) is 0 Å². The van der Waals surface area contributed by atoms with Gasteiger partial charge in [-0.25, -0.2) is 0 Å². The Kier molecular flexibility index (Phi) is 3.83. The van der Waals surface area contributed by atoms with Crippen LogP contribution in [-0.4, -0.2) is 12.2 Å². The number of methoxy groups -OCH3 is 1. The van der Waals surface area contributed by atoms with Crippen molar-refractivity contribution in [1.29, 1.82) is 0 Å². The number of ether oxygens (including phenoxy) is 1. The van der Waals surface area contributed by atoms with Crippen LogP contribution in [0.15, 0.2) is 60.7 Å². The molecule has 3 aromatic carbocycles. The molecule has 0 atom stereocenters. The Bertz CT molecular complexity index is 1040. The van der Waals surface area contributed by atoms with Crippen LogP contribution >= 0.6 is 0 Å². The molecule has 3 aromatic rings. The van der Waals surface area contributed by atoms with Crippen LogP contribution < -0.4 is 0 Å². The van der Waals surface area contributed by atoms with Crippen LogP contribution in [-0.2, 0) is 10.3 Å². The van der Waals surface area contributed by atoms with Crippen molar-refractivity contribution in [3.63, 3.8) is 0 Å². The van der Waals surface area contributed by atoms with E-state index in [4.69, 9.17) is 4.74 Å². The third kappa shape index (κ3) is 2.45. The minimum atomic E-state index is -0.138. The fourth-order valence-corrected chi connectivity index (χ4v) is 7.30. The number of aromatic hydroxyl groups is 1. The lowest BCUT2D eigenvalue weighted by molar-refractivity contribution is -0.196. The number of benzene rings is 3. The van der Waals surface area contributed by atoms with E-state index in [0.717, 1.165) is 17.4 Å². The summed E-state index contributed by atoms with van der Waals surface area (Å²) in [4.78, 5) is 0. The van der Waals surface area contributed by atoms with Crippen molar-refractivity contribution in [3.05, 3.63) is 66.2 Å². The highest BCUT2D eigenvalue weighted by molar-refractivity contribution is 5.99. The second-order valence-corrected chi connectivity index (χ2v) is 9.55. The minimum Gasteiger partial charge on any atom is -0.508 e. The van der Waals surface area contributed by atoms with Crippen molar-refractivity contribution >= 4 is 10.8 Å². The highest BCUT2D eigenvalue weighted by Gasteiger charge is 2.58. The molecule has 4 fully saturated rings. The molecule has 0 spiro atoms. The molecular weight excluding hydrogens is 356 g/mol. The van der Waals surface area contributed by atoms with Gasteiger partial charge in [0.2, 0.25) is 0 Å². The third-order valence-electron chi connectivity index (χ3n) is 8.21. The standard InChI is InChI=1S/C27H28O2/c1-29-27(20-13-17-12-18(15-20)16-21(27)14-17)26-11-10-23(19-6-8-22(28)9-7-19)24-4-2-3-5-25(24)26/h2-11,17-18,20-21,28H,12-16H2,1H3. The Morgan fingerprint density at radius 3 is 2.00 bits per heavy atom. The summed E-state index contributed by atoms with van der Waals surface area (Å²) in [6.07, 6.45) is 6.76. The number of phenols is 1. The molecule has 0 heterocycles. The largest absolute Gasteiger partial charge is 0.508 e. The monoisotopic (exact) mass is 384 g/mol. The summed E-state index contributed by atoms with van der Waals surface area (Å²) < 4.78 is 6.54. The van der Waals surface area contributed by atoms with E-state index in [-0.39, 0.29) is 5.60 Å². The van der Waals surface area contributed by atoms with Crippen molar-refractivity contribution < 1.29 is 9.84 Å². The quantitative estimate of drug-likeness (QED) is 0.558. The SMILES string of the molecule is COC1(c2ccc(-c3ccc(O)cc3)c3ccccc23)C2CC3CC(C2)CC1C3. The first-order valence-corrected chi connectivity index (χ1v) is 11.1. The van der Waals surface area contributed by atoms with E-state index < -0.39 is 0 Å². The van der Waals surface area contributed by atoms with E-state index in [0.29, 0.717) is 17.6 Å². The first-order valence-electron chi connectivity index (χ1n) is 11.1. The van der Waals surface area contributed by atoms with Gasteiger partial charge in [-0.2, -0.15) is 0 Å². The zero-order valence-electron chi connectivity index (χ0n) is 17.0. The Morgan fingerprint density at radius 1 is 0.759 bits per heavy atom. The van der Waals surface area contributed by atoms with Gasteiger partial charge in [-0.05, 0) is 95.4 Å². The van der Waals surface area contributed by atoms with Gasteiger partial charge in [-0.1, -0.05) is 48.5 Å². The number of fused-ring (bicyclic) bond motifs is 1. The first-order chi connectivity index (χ1) is 14.2. The zero-order valence-corrected chi connectivity index (χ0v) is 17.0. The first kappa shape index (κ1) is 17.5. The summed E-state index contributed by atoms with van der Waals surface area (Å²) >= 11 is 0. The lowest BCUT2D eigenvalue weighted by Gasteiger charge is -2.60. The molecule has 0 amide bonds. The van der Waals surface area contributed by atoms with Crippen molar-refractivity contribution in [2.24, 2.45) is 23.7 Å². The van der Waals surface area contributed by atoms with Crippen LogP contribution in [0.1, 0.15) is 37.7 Å². The van der Waals surface area contributed by atoms with Gasteiger partial charge in [-0.15, -0.1) is 0 Å². The van der Waals surface area contributed by atoms with Crippen LogP contribution in [0.5, 0.6) is 5.75 Å². The Hall–Kier alpha value is -2.32. The topological polar surface area (TPSA) is 29.5 Å². The molecule has 0 unspecified atom stereocenters. The second kappa shape index (κ2) is 6.34. The highest BCUT2D eigenvalue weighted by atomic mass is 16.5. The molecule has 29 heavy (non-hydrogen) atoms. The molecule has 2 heteroatoms. The van der Waals surface area contributed by atoms with E-state index in [1.54, 1.807) is 12.1 Å². The molecule has 0 aliphatic heterocycles. The third-order valence-corrected chi connectivity index (χ3v) is 8.21. The average Bonchev–Trinajstić information content (AvgIpc) is 2.74. The van der Waals surface area contributed by atoms with Crippen LogP contribution in [0, 0.1) is 23.7 Å². The van der Waals surface area contributed by atoms with Gasteiger partial charge in [0.1, 0.15) is 5.75 Å². The van der Waals surface area contributed by atoms with E-state index in [1.165, 1.54) is 54.0 Å². The molecular formula is C27H28O2. The second-order valence-electron chi connectivity index (χ2n) is 9.55. The van der Waals surface area contributed by atoms with Crippen LogP contribution in [0.25, 0.3) is 21.9 Å². The molecule has 4 aliphatic carbocycles. The number of rotatable bonds is 3. The summed E-state index contributed by atoms with van der Waals surface area (Å²) in [5.74, 6) is 3.44. The van der Waals surface area contributed by atoms with E-state index in [2.05, 4.69) is 36.4 Å². The van der Waals surface area contributed by atoms with Crippen molar-refractivity contribution in [2.45, 2.75) is 37.7 Å². The van der Waals surface area contributed by atoms with Gasteiger partial charge >= 0.3 is 0 Å². The Morgan fingerprint density at radius 2 is 1.38 bits per heavy atom.